The van der Waals surface area contributed by atoms with E-state index in [2.05, 4.69) is 4.99 Å². The molecule has 0 N–H and O–H groups in total. The monoisotopic (exact) mass is 477 g/mol. The maximum atomic E-state index is 13.1. The molecule has 0 bridgehead atoms. The molecule has 0 radical (unpaired) electrons. The van der Waals surface area contributed by atoms with Crippen LogP contribution in [-0.4, -0.2) is 34.6 Å². The summed E-state index contributed by atoms with van der Waals surface area (Å²) in [5.74, 6) is 1.17. The van der Waals surface area contributed by atoms with Crippen molar-refractivity contribution < 1.29 is 18.9 Å². The molecular formula is C25H23N3O5S. The summed E-state index contributed by atoms with van der Waals surface area (Å²) in [6, 6.07) is 15.5. The number of nitro benzene ring substituents is 1. The molecule has 8 nitrogen and oxygen atoms in total. The molecule has 0 unspecified atom stereocenters. The Morgan fingerprint density at radius 2 is 1.94 bits per heavy atom. The number of hydrogen-bond acceptors (Lipinski definition) is 7. The van der Waals surface area contributed by atoms with Crippen LogP contribution in [0.15, 0.2) is 68.9 Å². The second kappa shape index (κ2) is 9.96. The van der Waals surface area contributed by atoms with Crippen LogP contribution >= 0.6 is 11.8 Å². The zero-order chi connectivity index (χ0) is 24.2. The number of aryl methyl sites for hydroxylation is 1. The summed E-state index contributed by atoms with van der Waals surface area (Å²) >= 11 is 1.29. The third kappa shape index (κ3) is 4.89. The van der Waals surface area contributed by atoms with Crippen LogP contribution in [0.25, 0.3) is 17.4 Å². The fourth-order valence-corrected chi connectivity index (χ4v) is 4.45. The average molecular weight is 478 g/mol. The van der Waals surface area contributed by atoms with E-state index in [0.717, 1.165) is 17.7 Å². The van der Waals surface area contributed by atoms with Crippen molar-refractivity contribution in [1.29, 1.82) is 0 Å². The lowest BCUT2D eigenvalue weighted by atomic mass is 10.1. The molecule has 9 heteroatoms. The smallest absolute Gasteiger partial charge is 0.270 e. The minimum Gasteiger partial charge on any atom is -0.496 e. The molecule has 1 aliphatic rings. The highest BCUT2D eigenvalue weighted by Gasteiger charge is 2.33. The van der Waals surface area contributed by atoms with Crippen molar-refractivity contribution in [2.45, 2.75) is 20.3 Å². The van der Waals surface area contributed by atoms with E-state index in [1.54, 1.807) is 23.1 Å². The first-order valence-electron chi connectivity index (χ1n) is 10.7. The zero-order valence-electron chi connectivity index (χ0n) is 19.0. The van der Waals surface area contributed by atoms with Gasteiger partial charge in [0.15, 0.2) is 5.17 Å². The van der Waals surface area contributed by atoms with Crippen LogP contribution in [0.2, 0.25) is 0 Å². The topological polar surface area (TPSA) is 98.2 Å². The number of non-ortho nitro benzene ring substituents is 1. The van der Waals surface area contributed by atoms with Gasteiger partial charge in [-0.25, -0.2) is 4.99 Å². The van der Waals surface area contributed by atoms with E-state index in [1.807, 2.05) is 38.1 Å². The molecule has 4 rings (SSSR count). The Morgan fingerprint density at radius 3 is 2.62 bits per heavy atom. The molecule has 2 aromatic carbocycles. The van der Waals surface area contributed by atoms with Gasteiger partial charge < -0.3 is 9.15 Å². The zero-order valence-corrected chi connectivity index (χ0v) is 19.8. The fraction of sp³-hybridized carbons (Fsp3) is 0.200. The van der Waals surface area contributed by atoms with Gasteiger partial charge in [0, 0.05) is 24.8 Å². The van der Waals surface area contributed by atoms with Crippen LogP contribution in [0.3, 0.4) is 0 Å². The molecular weight excluding hydrogens is 454 g/mol. The van der Waals surface area contributed by atoms with Crippen LogP contribution in [0.1, 0.15) is 24.7 Å². The Balaban J connectivity index is 1.65. The molecule has 1 aromatic heterocycles. The summed E-state index contributed by atoms with van der Waals surface area (Å²) in [4.78, 5) is 30.6. The van der Waals surface area contributed by atoms with E-state index in [1.165, 1.54) is 37.1 Å². The van der Waals surface area contributed by atoms with Crippen LogP contribution in [0.5, 0.6) is 5.75 Å². The minimum atomic E-state index is -0.472. The summed E-state index contributed by atoms with van der Waals surface area (Å²) < 4.78 is 11.3. The van der Waals surface area contributed by atoms with Crippen LogP contribution in [0.4, 0.5) is 11.4 Å². The SMILES string of the molecule is CCCN1C(=O)/C(=C\c2ccc(-c3cc([N+](=O)[O-])ccc3OC)o2)SC1=Nc1ccc(C)cc1. The third-order valence-electron chi connectivity index (χ3n) is 5.15. The van der Waals surface area contributed by atoms with Crippen molar-refractivity contribution in [1.82, 2.24) is 4.90 Å². The van der Waals surface area contributed by atoms with Gasteiger partial charge in [-0.05, 0) is 55.4 Å². The number of amidine groups is 1. The van der Waals surface area contributed by atoms with Crippen molar-refractivity contribution in [3.63, 3.8) is 0 Å². The molecule has 3 aromatic rings. The number of benzene rings is 2. The number of methoxy groups -OCH3 is 1. The summed E-state index contributed by atoms with van der Waals surface area (Å²) in [6.07, 6.45) is 2.46. The van der Waals surface area contributed by atoms with E-state index < -0.39 is 4.92 Å². The molecule has 0 saturated carbocycles. The molecule has 2 heterocycles. The first kappa shape index (κ1) is 23.3. The average Bonchev–Trinajstić information content (AvgIpc) is 3.41. The quantitative estimate of drug-likeness (QED) is 0.229. The lowest BCUT2D eigenvalue weighted by molar-refractivity contribution is -0.384. The van der Waals surface area contributed by atoms with Gasteiger partial charge in [-0.15, -0.1) is 0 Å². The highest BCUT2D eigenvalue weighted by molar-refractivity contribution is 8.18. The Morgan fingerprint density at radius 1 is 1.18 bits per heavy atom. The van der Waals surface area contributed by atoms with E-state index in [0.29, 0.717) is 39.5 Å². The van der Waals surface area contributed by atoms with E-state index in [4.69, 9.17) is 9.15 Å². The lowest BCUT2D eigenvalue weighted by Gasteiger charge is -2.13. The molecule has 1 aliphatic heterocycles. The standard InChI is InChI=1S/C25H23N3O5S/c1-4-13-27-24(29)23(34-25(27)26-17-7-5-16(2)6-8-17)15-19-10-12-22(33-19)20-14-18(28(30)31)9-11-21(20)32-3/h5-12,14-15H,4,13H2,1-3H3/b23-15+,26-25?. The van der Waals surface area contributed by atoms with Gasteiger partial charge in [0.25, 0.3) is 11.6 Å². The number of thioether (sulfide) groups is 1. The van der Waals surface area contributed by atoms with Gasteiger partial charge in [0.05, 0.1) is 28.2 Å². The predicted molar refractivity (Wildman–Crippen MR) is 133 cm³/mol. The summed E-state index contributed by atoms with van der Waals surface area (Å²) in [6.45, 7) is 4.58. The van der Waals surface area contributed by atoms with Gasteiger partial charge in [-0.1, -0.05) is 24.6 Å². The first-order valence-corrected chi connectivity index (χ1v) is 11.5. The number of hydrogen-bond donors (Lipinski definition) is 0. The maximum Gasteiger partial charge on any atom is 0.270 e. The van der Waals surface area contributed by atoms with Crippen LogP contribution < -0.4 is 4.74 Å². The number of rotatable bonds is 7. The second-order valence-electron chi connectivity index (χ2n) is 7.64. The molecule has 0 spiro atoms. The first-order chi connectivity index (χ1) is 16.4. The van der Waals surface area contributed by atoms with Crippen molar-refractivity contribution >= 4 is 40.3 Å². The molecule has 174 valence electrons. The van der Waals surface area contributed by atoms with E-state index in [9.17, 15) is 14.9 Å². The highest BCUT2D eigenvalue weighted by atomic mass is 32.2. The maximum absolute atomic E-state index is 13.1. The van der Waals surface area contributed by atoms with Gasteiger partial charge >= 0.3 is 0 Å². The van der Waals surface area contributed by atoms with Crippen molar-refractivity contribution in [2.75, 3.05) is 13.7 Å². The Bertz CT molecular complexity index is 1290. The number of furan rings is 1. The number of ether oxygens (including phenoxy) is 1. The van der Waals surface area contributed by atoms with Crippen LogP contribution in [0, 0.1) is 17.0 Å². The molecule has 1 amide bonds. The summed E-state index contributed by atoms with van der Waals surface area (Å²) in [5, 5.41) is 11.8. The highest BCUT2D eigenvalue weighted by Crippen LogP contribution is 2.37. The Labute approximate surface area is 201 Å². The number of nitrogens with zero attached hydrogens (tertiary/aromatic N) is 3. The van der Waals surface area contributed by atoms with Gasteiger partial charge in [0.2, 0.25) is 0 Å². The number of nitro groups is 1. The second-order valence-corrected chi connectivity index (χ2v) is 8.65. The Kier molecular flexibility index (Phi) is 6.83. The lowest BCUT2D eigenvalue weighted by Crippen LogP contribution is -2.29. The van der Waals surface area contributed by atoms with E-state index >= 15 is 0 Å². The predicted octanol–water partition coefficient (Wildman–Crippen LogP) is 6.19. The minimum absolute atomic E-state index is 0.0687. The van der Waals surface area contributed by atoms with Gasteiger partial charge in [-0.2, -0.15) is 0 Å². The fourth-order valence-electron chi connectivity index (χ4n) is 3.45. The summed E-state index contributed by atoms with van der Waals surface area (Å²) in [7, 11) is 1.49. The molecule has 0 aliphatic carbocycles. The molecule has 1 fully saturated rings. The van der Waals surface area contributed by atoms with Gasteiger partial charge in [0.1, 0.15) is 17.3 Å². The van der Waals surface area contributed by atoms with Crippen LogP contribution in [-0.2, 0) is 4.79 Å². The Hall–Kier alpha value is -3.85. The number of carbonyl (C=O) groups is 1. The number of amides is 1. The number of carbonyl (C=O) groups excluding carboxylic acids is 1. The van der Waals surface area contributed by atoms with Crippen molar-refractivity contribution in [3.8, 4) is 17.1 Å². The normalized spacial score (nSPS) is 16.0. The van der Waals surface area contributed by atoms with Crippen molar-refractivity contribution in [2.24, 2.45) is 4.99 Å². The van der Waals surface area contributed by atoms with E-state index in [-0.39, 0.29) is 11.6 Å². The molecule has 1 saturated heterocycles. The third-order valence-corrected chi connectivity index (χ3v) is 6.16. The van der Waals surface area contributed by atoms with Gasteiger partial charge in [-0.3, -0.25) is 19.8 Å². The summed E-state index contributed by atoms with van der Waals surface area (Å²) in [5.41, 5.74) is 2.31. The van der Waals surface area contributed by atoms with Crippen molar-refractivity contribution in [3.05, 3.63) is 80.9 Å². The molecule has 0 atom stereocenters. The number of aliphatic imine (C=N–C) groups is 1. The molecule has 34 heavy (non-hydrogen) atoms. The largest absolute Gasteiger partial charge is 0.496 e.